The van der Waals surface area contributed by atoms with Crippen molar-refractivity contribution in [2.75, 3.05) is 37.7 Å². The van der Waals surface area contributed by atoms with E-state index in [1.54, 1.807) is 0 Å². The Labute approximate surface area is 153 Å². The number of nitrogens with two attached hydrogens (primary N) is 1. The van der Waals surface area contributed by atoms with Gasteiger partial charge in [0.15, 0.2) is 0 Å². The lowest BCUT2D eigenvalue weighted by atomic mass is 9.96. The number of hydrogen-bond acceptors (Lipinski definition) is 6. The predicted molar refractivity (Wildman–Crippen MR) is 102 cm³/mol. The summed E-state index contributed by atoms with van der Waals surface area (Å²) < 4.78 is 0. The van der Waals surface area contributed by atoms with Gasteiger partial charge in [0.05, 0.1) is 11.4 Å². The van der Waals surface area contributed by atoms with Gasteiger partial charge in [0.25, 0.3) is 0 Å². The highest BCUT2D eigenvalue weighted by molar-refractivity contribution is 5.90. The highest BCUT2D eigenvalue weighted by Gasteiger charge is 2.27. The first-order chi connectivity index (χ1) is 12.7. The van der Waals surface area contributed by atoms with E-state index in [1.807, 2.05) is 24.3 Å². The third kappa shape index (κ3) is 4.28. The van der Waals surface area contributed by atoms with Crippen molar-refractivity contribution in [2.45, 2.75) is 25.7 Å². The Morgan fingerprint density at radius 1 is 1.35 bits per heavy atom. The van der Waals surface area contributed by atoms with Crippen LogP contribution in [0.15, 0.2) is 24.3 Å². The van der Waals surface area contributed by atoms with Crippen molar-refractivity contribution in [2.24, 2.45) is 11.7 Å². The third-order valence-electron chi connectivity index (χ3n) is 4.72. The summed E-state index contributed by atoms with van der Waals surface area (Å²) in [5.74, 6) is 1.64. The molecule has 1 saturated heterocycles. The van der Waals surface area contributed by atoms with E-state index in [4.69, 9.17) is 15.8 Å². The number of piperidine rings is 1. The fraction of sp³-hybridized carbons (Fsp3) is 0.526. The number of para-hydroxylation sites is 1. The van der Waals surface area contributed by atoms with Gasteiger partial charge in [-0.1, -0.05) is 12.1 Å². The second-order valence-electron chi connectivity index (χ2n) is 6.67. The summed E-state index contributed by atoms with van der Waals surface area (Å²) in [5.41, 5.74) is 6.60. The molecule has 2 heterocycles. The third-order valence-corrected chi connectivity index (χ3v) is 4.72. The van der Waals surface area contributed by atoms with Gasteiger partial charge < -0.3 is 21.1 Å². The molecule has 0 spiro atoms. The predicted octanol–water partition coefficient (Wildman–Crippen LogP) is 0.846. The van der Waals surface area contributed by atoms with Crippen LogP contribution in [0.1, 0.15) is 25.1 Å². The van der Waals surface area contributed by atoms with Crippen LogP contribution in [0.3, 0.4) is 0 Å². The summed E-state index contributed by atoms with van der Waals surface area (Å²) in [7, 11) is 0. The molecule has 0 saturated carbocycles. The number of nitrogens with zero attached hydrogens (tertiary/aromatic N) is 3. The molecule has 7 nitrogen and oxygen atoms in total. The van der Waals surface area contributed by atoms with E-state index in [0.717, 1.165) is 41.9 Å². The highest BCUT2D eigenvalue weighted by atomic mass is 16.3. The Bertz CT molecular complexity index is 752. The van der Waals surface area contributed by atoms with Gasteiger partial charge in [0, 0.05) is 38.0 Å². The maximum absolute atomic E-state index is 12.4. The lowest BCUT2D eigenvalue weighted by Gasteiger charge is -2.33. The van der Waals surface area contributed by atoms with Crippen LogP contribution in [0.2, 0.25) is 0 Å². The normalized spacial score (nSPS) is 17.5. The molecule has 1 aromatic carbocycles. The van der Waals surface area contributed by atoms with Crippen LogP contribution in [0.25, 0.3) is 10.9 Å². The van der Waals surface area contributed by atoms with E-state index in [-0.39, 0.29) is 18.4 Å². The number of fused-ring (bicyclic) bond motifs is 1. The molecule has 0 aliphatic carbocycles. The number of anilines is 1. The lowest BCUT2D eigenvalue weighted by molar-refractivity contribution is -0.125. The number of aliphatic hydroxyl groups is 1. The Kier molecular flexibility index (Phi) is 6.35. The summed E-state index contributed by atoms with van der Waals surface area (Å²) >= 11 is 0. The first-order valence-electron chi connectivity index (χ1n) is 9.32. The minimum absolute atomic E-state index is 0.0590. The summed E-state index contributed by atoms with van der Waals surface area (Å²) in [6.45, 7) is 2.64. The van der Waals surface area contributed by atoms with E-state index in [1.165, 1.54) is 0 Å². The summed E-state index contributed by atoms with van der Waals surface area (Å²) in [6, 6.07) is 7.98. The smallest absolute Gasteiger partial charge is 0.224 e. The molecule has 4 N–H and O–H groups in total. The molecule has 1 fully saturated rings. The molecule has 1 aliphatic heterocycles. The van der Waals surface area contributed by atoms with Crippen molar-refractivity contribution < 1.29 is 9.90 Å². The molecule has 1 amide bonds. The van der Waals surface area contributed by atoms with Crippen molar-refractivity contribution in [1.29, 1.82) is 0 Å². The first kappa shape index (κ1) is 18.5. The van der Waals surface area contributed by atoms with Gasteiger partial charge >= 0.3 is 0 Å². The van der Waals surface area contributed by atoms with Crippen LogP contribution in [0.5, 0.6) is 0 Å². The van der Waals surface area contributed by atoms with Crippen molar-refractivity contribution in [3.63, 3.8) is 0 Å². The van der Waals surface area contributed by atoms with Gasteiger partial charge in [-0.05, 0) is 37.9 Å². The van der Waals surface area contributed by atoms with Crippen molar-refractivity contribution in [3.05, 3.63) is 30.1 Å². The molecule has 2 aromatic rings. The topological polar surface area (TPSA) is 104 Å². The number of carbonyl (C=O) groups excluding carboxylic acids is 1. The summed E-state index contributed by atoms with van der Waals surface area (Å²) in [5, 5.41) is 12.8. The number of aromatic nitrogens is 2. The zero-order valence-electron chi connectivity index (χ0n) is 15.0. The molecule has 1 atom stereocenters. The monoisotopic (exact) mass is 357 g/mol. The molecular weight excluding hydrogens is 330 g/mol. The average Bonchev–Trinajstić information content (AvgIpc) is 2.68. The van der Waals surface area contributed by atoms with Crippen molar-refractivity contribution in [3.8, 4) is 0 Å². The van der Waals surface area contributed by atoms with Crippen LogP contribution in [-0.4, -0.2) is 53.8 Å². The van der Waals surface area contributed by atoms with Crippen molar-refractivity contribution in [1.82, 2.24) is 15.3 Å². The molecule has 26 heavy (non-hydrogen) atoms. The quantitative estimate of drug-likeness (QED) is 0.635. The Hall–Kier alpha value is -2.25. The maximum Gasteiger partial charge on any atom is 0.224 e. The molecular formula is C19H27N5O2. The number of carbonyl (C=O) groups is 1. The van der Waals surface area contributed by atoms with Crippen LogP contribution < -0.4 is 16.0 Å². The van der Waals surface area contributed by atoms with Crippen LogP contribution in [0, 0.1) is 5.92 Å². The number of amides is 1. The highest BCUT2D eigenvalue weighted by Crippen LogP contribution is 2.28. The average molecular weight is 357 g/mol. The van der Waals surface area contributed by atoms with Crippen LogP contribution in [-0.2, 0) is 11.2 Å². The fourth-order valence-corrected chi connectivity index (χ4v) is 3.41. The molecule has 1 aliphatic rings. The Morgan fingerprint density at radius 2 is 2.19 bits per heavy atom. The molecule has 0 radical (unpaired) electrons. The number of aliphatic hydroxyl groups excluding tert-OH is 1. The van der Waals surface area contributed by atoms with Gasteiger partial charge in [-0.25, -0.2) is 9.97 Å². The summed E-state index contributed by atoms with van der Waals surface area (Å²) in [6.07, 6.45) is 3.04. The number of hydrogen-bond donors (Lipinski definition) is 3. The molecule has 7 heteroatoms. The molecule has 1 unspecified atom stereocenters. The van der Waals surface area contributed by atoms with E-state index >= 15 is 0 Å². The van der Waals surface area contributed by atoms with Gasteiger partial charge in [0.2, 0.25) is 5.91 Å². The molecule has 3 rings (SSSR count). The van der Waals surface area contributed by atoms with Gasteiger partial charge in [0.1, 0.15) is 11.6 Å². The minimum atomic E-state index is -0.0610. The molecule has 140 valence electrons. The minimum Gasteiger partial charge on any atom is -0.396 e. The zero-order valence-corrected chi connectivity index (χ0v) is 15.0. The number of rotatable bonds is 7. The second-order valence-corrected chi connectivity index (χ2v) is 6.67. The fourth-order valence-electron chi connectivity index (χ4n) is 3.41. The van der Waals surface area contributed by atoms with E-state index < -0.39 is 0 Å². The van der Waals surface area contributed by atoms with Gasteiger partial charge in [-0.3, -0.25) is 4.79 Å². The van der Waals surface area contributed by atoms with Gasteiger partial charge in [-0.2, -0.15) is 0 Å². The first-order valence-corrected chi connectivity index (χ1v) is 9.32. The van der Waals surface area contributed by atoms with E-state index in [9.17, 15) is 4.79 Å². The summed E-state index contributed by atoms with van der Waals surface area (Å²) in [4.78, 5) is 24.0. The second kappa shape index (κ2) is 8.91. The van der Waals surface area contributed by atoms with Crippen LogP contribution >= 0.6 is 0 Å². The largest absolute Gasteiger partial charge is 0.396 e. The van der Waals surface area contributed by atoms with E-state index in [2.05, 4.69) is 15.2 Å². The van der Waals surface area contributed by atoms with Crippen LogP contribution in [0.4, 0.5) is 5.82 Å². The van der Waals surface area contributed by atoms with Crippen molar-refractivity contribution >= 4 is 22.6 Å². The zero-order chi connectivity index (χ0) is 18.4. The standard InChI is InChI=1S/C19H27N5O2/c20-9-8-17-22-16-7-2-1-6-15(16)18(23-17)24-11-3-5-14(13-24)19(26)21-10-4-12-25/h1-2,6-7,14,25H,3-5,8-13,20H2,(H,21,26). The lowest BCUT2D eigenvalue weighted by Crippen LogP contribution is -2.43. The Balaban J connectivity index is 1.82. The SMILES string of the molecule is NCCc1nc(N2CCCC(C(=O)NCCCO)C2)c2ccccc2n1. The van der Waals surface area contributed by atoms with E-state index in [0.29, 0.717) is 32.5 Å². The van der Waals surface area contributed by atoms with Gasteiger partial charge in [-0.15, -0.1) is 0 Å². The number of benzene rings is 1. The Morgan fingerprint density at radius 3 is 3.00 bits per heavy atom. The molecule has 0 bridgehead atoms. The molecule has 1 aromatic heterocycles. The maximum atomic E-state index is 12.4. The number of nitrogens with one attached hydrogen (secondary N) is 1.